The maximum Gasteiger partial charge on any atom is 0.0624 e. The summed E-state index contributed by atoms with van der Waals surface area (Å²) in [7, 11) is 0. The Hall–Kier alpha value is -0.830. The third-order valence-electron chi connectivity index (χ3n) is 4.62. The molecule has 0 aliphatic heterocycles. The highest BCUT2D eigenvalue weighted by atomic mass is 15.3. The molecule has 1 aromatic heterocycles. The van der Waals surface area contributed by atoms with E-state index in [0.717, 1.165) is 38.1 Å². The van der Waals surface area contributed by atoms with E-state index >= 15 is 0 Å². The zero-order chi connectivity index (χ0) is 13.9. The van der Waals surface area contributed by atoms with Crippen LogP contribution in [-0.4, -0.2) is 15.3 Å². The van der Waals surface area contributed by atoms with Crippen molar-refractivity contribution in [2.24, 2.45) is 11.7 Å². The lowest BCUT2D eigenvalue weighted by atomic mass is 9.86. The van der Waals surface area contributed by atoms with Crippen LogP contribution in [0.5, 0.6) is 0 Å². The van der Waals surface area contributed by atoms with Crippen LogP contribution in [0.2, 0.25) is 0 Å². The average molecular weight is 263 g/mol. The van der Waals surface area contributed by atoms with Crippen LogP contribution in [0, 0.1) is 5.92 Å². The summed E-state index contributed by atoms with van der Waals surface area (Å²) in [6.07, 6.45) is 8.20. The van der Waals surface area contributed by atoms with Gasteiger partial charge in [-0.3, -0.25) is 4.68 Å². The van der Waals surface area contributed by atoms with Crippen molar-refractivity contribution in [1.82, 2.24) is 9.78 Å². The molecule has 1 aliphatic carbocycles. The second-order valence-electron chi connectivity index (χ2n) is 6.37. The molecule has 0 radical (unpaired) electrons. The largest absolute Gasteiger partial charge is 0.325 e. The first-order valence-electron chi connectivity index (χ1n) is 7.91. The molecule has 2 rings (SSSR count). The SMILES string of the molecule is CCc1cc(CC2(N)CCCC(C)CC2)n(CC)n1. The van der Waals surface area contributed by atoms with Crippen molar-refractivity contribution in [3.63, 3.8) is 0 Å². The normalized spacial score (nSPS) is 28.3. The van der Waals surface area contributed by atoms with Gasteiger partial charge in [0.25, 0.3) is 0 Å². The Morgan fingerprint density at radius 2 is 2.16 bits per heavy atom. The van der Waals surface area contributed by atoms with E-state index in [1.807, 2.05) is 0 Å². The average Bonchev–Trinajstić information content (AvgIpc) is 2.70. The monoisotopic (exact) mass is 263 g/mol. The van der Waals surface area contributed by atoms with E-state index in [1.54, 1.807) is 0 Å². The molecular weight excluding hydrogens is 234 g/mol. The molecule has 1 fully saturated rings. The molecule has 108 valence electrons. The molecule has 0 amide bonds. The van der Waals surface area contributed by atoms with Gasteiger partial charge in [0.2, 0.25) is 0 Å². The lowest BCUT2D eigenvalue weighted by molar-refractivity contribution is 0.353. The van der Waals surface area contributed by atoms with Crippen LogP contribution in [0.3, 0.4) is 0 Å². The van der Waals surface area contributed by atoms with Crippen molar-refractivity contribution >= 4 is 0 Å². The molecule has 0 saturated heterocycles. The summed E-state index contributed by atoms with van der Waals surface area (Å²) in [5, 5.41) is 4.64. The Kier molecular flexibility index (Phi) is 4.67. The molecule has 3 heteroatoms. The van der Waals surface area contributed by atoms with Crippen molar-refractivity contribution in [1.29, 1.82) is 0 Å². The fraction of sp³-hybridized carbons (Fsp3) is 0.812. The van der Waals surface area contributed by atoms with E-state index < -0.39 is 0 Å². The van der Waals surface area contributed by atoms with Crippen molar-refractivity contribution in [3.05, 3.63) is 17.5 Å². The number of hydrogen-bond donors (Lipinski definition) is 1. The highest BCUT2D eigenvalue weighted by Crippen LogP contribution is 2.31. The molecule has 0 aromatic carbocycles. The molecule has 2 unspecified atom stereocenters. The highest BCUT2D eigenvalue weighted by molar-refractivity contribution is 5.14. The summed E-state index contributed by atoms with van der Waals surface area (Å²) in [5.41, 5.74) is 9.20. The molecular formula is C16H29N3. The summed E-state index contributed by atoms with van der Waals surface area (Å²) in [6.45, 7) is 7.63. The third-order valence-corrected chi connectivity index (χ3v) is 4.62. The van der Waals surface area contributed by atoms with Crippen LogP contribution in [-0.2, 0) is 19.4 Å². The zero-order valence-corrected chi connectivity index (χ0v) is 12.8. The Labute approximate surface area is 117 Å². The summed E-state index contributed by atoms with van der Waals surface area (Å²) in [4.78, 5) is 0. The number of aromatic nitrogens is 2. The van der Waals surface area contributed by atoms with Crippen LogP contribution in [0.4, 0.5) is 0 Å². The molecule has 1 heterocycles. The van der Waals surface area contributed by atoms with Gasteiger partial charge in [-0.25, -0.2) is 0 Å². The fourth-order valence-electron chi connectivity index (χ4n) is 3.25. The van der Waals surface area contributed by atoms with Crippen LogP contribution < -0.4 is 5.73 Å². The molecule has 1 aromatic rings. The topological polar surface area (TPSA) is 43.8 Å². The van der Waals surface area contributed by atoms with Gasteiger partial charge in [-0.05, 0) is 44.6 Å². The molecule has 1 aliphatic rings. The Morgan fingerprint density at radius 1 is 1.37 bits per heavy atom. The second-order valence-corrected chi connectivity index (χ2v) is 6.37. The van der Waals surface area contributed by atoms with Gasteiger partial charge in [0.05, 0.1) is 5.69 Å². The number of rotatable bonds is 4. The Morgan fingerprint density at radius 3 is 2.84 bits per heavy atom. The number of aryl methyl sites for hydroxylation is 2. The number of hydrogen-bond acceptors (Lipinski definition) is 2. The summed E-state index contributed by atoms with van der Waals surface area (Å²) in [6, 6.07) is 2.26. The van der Waals surface area contributed by atoms with Crippen molar-refractivity contribution in [3.8, 4) is 0 Å². The van der Waals surface area contributed by atoms with Crippen LogP contribution >= 0.6 is 0 Å². The number of nitrogens with zero attached hydrogens (tertiary/aromatic N) is 2. The maximum absolute atomic E-state index is 6.69. The second kappa shape index (κ2) is 6.08. The first-order valence-corrected chi connectivity index (χ1v) is 7.91. The molecule has 0 spiro atoms. The van der Waals surface area contributed by atoms with E-state index in [-0.39, 0.29) is 5.54 Å². The van der Waals surface area contributed by atoms with Crippen molar-refractivity contribution < 1.29 is 0 Å². The molecule has 3 nitrogen and oxygen atoms in total. The number of nitrogens with two attached hydrogens (primary N) is 1. The van der Waals surface area contributed by atoms with Crippen LogP contribution in [0.1, 0.15) is 64.3 Å². The van der Waals surface area contributed by atoms with E-state index in [4.69, 9.17) is 5.73 Å². The van der Waals surface area contributed by atoms with Gasteiger partial charge in [-0.15, -0.1) is 0 Å². The summed E-state index contributed by atoms with van der Waals surface area (Å²) in [5.74, 6) is 0.840. The van der Waals surface area contributed by atoms with Gasteiger partial charge >= 0.3 is 0 Å². The Bertz CT molecular complexity index is 410. The minimum Gasteiger partial charge on any atom is -0.325 e. The lowest BCUT2D eigenvalue weighted by Crippen LogP contribution is -2.42. The first-order chi connectivity index (χ1) is 9.06. The van der Waals surface area contributed by atoms with E-state index in [1.165, 1.54) is 30.7 Å². The van der Waals surface area contributed by atoms with Crippen molar-refractivity contribution in [2.45, 2.75) is 77.8 Å². The predicted molar refractivity (Wildman–Crippen MR) is 80.2 cm³/mol. The van der Waals surface area contributed by atoms with Gasteiger partial charge in [-0.2, -0.15) is 5.10 Å². The summed E-state index contributed by atoms with van der Waals surface area (Å²) >= 11 is 0. The lowest BCUT2D eigenvalue weighted by Gasteiger charge is -2.28. The first kappa shape index (κ1) is 14.6. The van der Waals surface area contributed by atoms with Gasteiger partial charge in [0.15, 0.2) is 0 Å². The van der Waals surface area contributed by atoms with Crippen LogP contribution in [0.15, 0.2) is 6.07 Å². The molecule has 0 bridgehead atoms. The Balaban J connectivity index is 2.12. The van der Waals surface area contributed by atoms with Gasteiger partial charge in [0.1, 0.15) is 0 Å². The smallest absolute Gasteiger partial charge is 0.0624 e. The van der Waals surface area contributed by atoms with Crippen molar-refractivity contribution in [2.75, 3.05) is 0 Å². The van der Waals surface area contributed by atoms with Gasteiger partial charge in [0, 0.05) is 24.2 Å². The third kappa shape index (κ3) is 3.59. The molecule has 19 heavy (non-hydrogen) atoms. The zero-order valence-electron chi connectivity index (χ0n) is 12.8. The quantitative estimate of drug-likeness (QED) is 0.847. The minimum atomic E-state index is -0.0112. The van der Waals surface area contributed by atoms with E-state index in [0.29, 0.717) is 0 Å². The summed E-state index contributed by atoms with van der Waals surface area (Å²) < 4.78 is 2.14. The predicted octanol–water partition coefficient (Wildman–Crippen LogP) is 3.31. The van der Waals surface area contributed by atoms with Gasteiger partial charge < -0.3 is 5.73 Å². The molecule has 1 saturated carbocycles. The van der Waals surface area contributed by atoms with Gasteiger partial charge in [-0.1, -0.05) is 26.7 Å². The van der Waals surface area contributed by atoms with Crippen LogP contribution in [0.25, 0.3) is 0 Å². The van der Waals surface area contributed by atoms with E-state index in [9.17, 15) is 0 Å². The highest BCUT2D eigenvalue weighted by Gasteiger charge is 2.29. The maximum atomic E-state index is 6.69. The molecule has 2 atom stereocenters. The fourth-order valence-corrected chi connectivity index (χ4v) is 3.25. The van der Waals surface area contributed by atoms with E-state index in [2.05, 4.69) is 36.6 Å². The molecule has 2 N–H and O–H groups in total. The standard InChI is InChI=1S/C16H29N3/c1-4-14-11-15(19(5-2)18-14)12-16(17)9-6-7-13(3)8-10-16/h11,13H,4-10,12,17H2,1-3H3. The minimum absolute atomic E-state index is 0.0112.